The third-order valence-electron chi connectivity index (χ3n) is 0.338. The molecule has 1 nitrogen and oxygen atoms in total. The lowest BCUT2D eigenvalue weighted by molar-refractivity contribution is 0.368. The average Bonchev–Trinajstić information content (AvgIpc) is 1.61. The van der Waals surface area contributed by atoms with Gasteiger partial charge in [-0.3, -0.25) is 0 Å². The molecule has 0 unspecified atom stereocenters. The molecular weight excluding hydrogens is 112 g/mol. The van der Waals surface area contributed by atoms with Crippen molar-refractivity contribution >= 4 is 22.4 Å². The maximum atomic E-state index is 4.93. The number of hydrogen-bond acceptors (Lipinski definition) is 2. The molecule has 0 aromatic carbocycles. The highest BCUT2D eigenvalue weighted by Crippen LogP contribution is 1.72. The van der Waals surface area contributed by atoms with Crippen molar-refractivity contribution in [2.75, 3.05) is 12.4 Å². The fraction of sp³-hybridized carbons (Fsp3) is 1.00. The summed E-state index contributed by atoms with van der Waals surface area (Å²) >= 11 is 3.93. The predicted octanol–water partition coefficient (Wildman–Crippen LogP) is 0.600. The maximum absolute atomic E-state index is 4.93. The molecule has 2 radical (unpaired) electrons. The third-order valence-corrected chi connectivity index (χ3v) is 1.01. The highest BCUT2D eigenvalue weighted by molar-refractivity contribution is 7.80. The van der Waals surface area contributed by atoms with Gasteiger partial charge in [0.1, 0.15) is 0 Å². The van der Waals surface area contributed by atoms with E-state index in [1.54, 1.807) is 0 Å². The van der Waals surface area contributed by atoms with E-state index >= 15 is 0 Å². The van der Waals surface area contributed by atoms with Crippen LogP contribution in [0.3, 0.4) is 0 Å². The molecule has 0 atom stereocenters. The van der Waals surface area contributed by atoms with Crippen LogP contribution >= 0.6 is 12.6 Å². The molecule has 0 aromatic rings. The van der Waals surface area contributed by atoms with Crippen LogP contribution < -0.4 is 0 Å². The van der Waals surface area contributed by atoms with E-state index in [0.717, 1.165) is 12.4 Å². The first-order valence-electron chi connectivity index (χ1n) is 1.81. The van der Waals surface area contributed by atoms with E-state index in [0.29, 0.717) is 9.76 Å². The highest BCUT2D eigenvalue weighted by atomic mass is 32.1. The fourth-order valence-electron chi connectivity index (χ4n) is 0.148. The lowest BCUT2D eigenvalue weighted by atomic mass is 10.9. The van der Waals surface area contributed by atoms with Crippen LogP contribution in [0.5, 0.6) is 0 Å². The van der Waals surface area contributed by atoms with Crippen molar-refractivity contribution in [2.24, 2.45) is 0 Å². The van der Waals surface area contributed by atoms with Crippen molar-refractivity contribution in [3.05, 3.63) is 0 Å². The molecule has 3 heteroatoms. The molecule has 0 aliphatic heterocycles. The van der Waals surface area contributed by atoms with Gasteiger partial charge in [0.15, 0.2) is 0 Å². The van der Waals surface area contributed by atoms with Crippen LogP contribution in [0.4, 0.5) is 0 Å². The standard InChI is InChI=1S/C3H8OSSi/c1-6-4-2-3-5/h5H,2-3H2,1H3. The molecule has 36 valence electrons. The Kier molecular flexibility index (Phi) is 6.01. The minimum Gasteiger partial charge on any atom is -0.417 e. The van der Waals surface area contributed by atoms with Gasteiger partial charge >= 0.3 is 0 Å². The first kappa shape index (κ1) is 6.53. The number of thiol groups is 1. The molecule has 0 rings (SSSR count). The van der Waals surface area contributed by atoms with E-state index in [2.05, 4.69) is 12.6 Å². The van der Waals surface area contributed by atoms with E-state index in [4.69, 9.17) is 4.43 Å². The molecule has 0 saturated heterocycles. The molecular formula is C3H8OSSi. The molecule has 0 bridgehead atoms. The van der Waals surface area contributed by atoms with Crippen molar-refractivity contribution in [3.63, 3.8) is 0 Å². The second-order valence-corrected chi connectivity index (χ2v) is 1.92. The van der Waals surface area contributed by atoms with Crippen LogP contribution in [0.15, 0.2) is 0 Å². The van der Waals surface area contributed by atoms with Crippen LogP contribution in [0, 0.1) is 0 Å². The van der Waals surface area contributed by atoms with Crippen LogP contribution in [0.2, 0.25) is 6.55 Å². The summed E-state index contributed by atoms with van der Waals surface area (Å²) < 4.78 is 4.93. The summed E-state index contributed by atoms with van der Waals surface area (Å²) in [5.74, 6) is 0.834. The first-order chi connectivity index (χ1) is 2.91. The minimum atomic E-state index is 0.616. The maximum Gasteiger partial charge on any atom is 0.226 e. The van der Waals surface area contributed by atoms with E-state index in [-0.39, 0.29) is 0 Å². The normalized spacial score (nSPS) is 9.00. The highest BCUT2D eigenvalue weighted by Gasteiger charge is 1.75. The van der Waals surface area contributed by atoms with E-state index in [1.165, 1.54) is 0 Å². The summed E-state index contributed by atoms with van der Waals surface area (Å²) in [6.07, 6.45) is 0. The summed E-state index contributed by atoms with van der Waals surface area (Å²) in [4.78, 5) is 0. The zero-order valence-corrected chi connectivity index (χ0v) is 5.66. The van der Waals surface area contributed by atoms with Gasteiger partial charge in [-0.15, -0.1) is 0 Å². The molecule has 0 aromatic heterocycles. The topological polar surface area (TPSA) is 9.23 Å². The van der Waals surface area contributed by atoms with Crippen LogP contribution in [-0.2, 0) is 4.43 Å². The van der Waals surface area contributed by atoms with Gasteiger partial charge in [-0.2, -0.15) is 12.6 Å². The average molecular weight is 120 g/mol. The minimum absolute atomic E-state index is 0.616. The fourth-order valence-corrected chi connectivity index (χ4v) is 0.717. The summed E-state index contributed by atoms with van der Waals surface area (Å²) in [5.41, 5.74) is 0. The quantitative estimate of drug-likeness (QED) is 0.326. The van der Waals surface area contributed by atoms with E-state index < -0.39 is 0 Å². The molecule has 0 spiro atoms. The third kappa shape index (κ3) is 4.53. The molecule has 0 fully saturated rings. The Morgan fingerprint density at radius 2 is 2.50 bits per heavy atom. The Morgan fingerprint density at radius 1 is 1.83 bits per heavy atom. The predicted molar refractivity (Wildman–Crippen MR) is 31.4 cm³/mol. The van der Waals surface area contributed by atoms with Gasteiger partial charge in [0.05, 0.1) is 0 Å². The van der Waals surface area contributed by atoms with E-state index in [1.807, 2.05) is 6.55 Å². The van der Waals surface area contributed by atoms with Gasteiger partial charge in [0.25, 0.3) is 0 Å². The molecule has 0 N–H and O–H groups in total. The molecule has 0 aliphatic rings. The molecule has 0 saturated carbocycles. The summed E-state index contributed by atoms with van der Waals surface area (Å²) in [6, 6.07) is 0. The number of rotatable bonds is 3. The zero-order valence-electron chi connectivity index (χ0n) is 3.77. The molecule has 0 amide bonds. The van der Waals surface area contributed by atoms with Gasteiger partial charge in [0, 0.05) is 12.4 Å². The largest absolute Gasteiger partial charge is 0.417 e. The lowest BCUT2D eigenvalue weighted by Crippen LogP contribution is -1.95. The van der Waals surface area contributed by atoms with Gasteiger partial charge in [-0.25, -0.2) is 0 Å². The molecule has 0 aliphatic carbocycles. The molecule has 0 heterocycles. The SMILES string of the molecule is C[Si]OCCS. The Bertz CT molecular complexity index is 22.8. The Balaban J connectivity index is 2.34. The van der Waals surface area contributed by atoms with Crippen LogP contribution in [0.1, 0.15) is 0 Å². The second-order valence-electron chi connectivity index (χ2n) is 0.776. The molecule has 6 heavy (non-hydrogen) atoms. The Hall–Kier alpha value is 0.527. The van der Waals surface area contributed by atoms with Crippen molar-refractivity contribution in [2.45, 2.75) is 6.55 Å². The van der Waals surface area contributed by atoms with Crippen molar-refractivity contribution in [1.82, 2.24) is 0 Å². The van der Waals surface area contributed by atoms with Gasteiger partial charge in [-0.1, -0.05) is 0 Å². The summed E-state index contributed by atoms with van der Waals surface area (Å²) in [5, 5.41) is 0. The Labute approximate surface area is 46.4 Å². The lowest BCUT2D eigenvalue weighted by Gasteiger charge is -1.89. The van der Waals surface area contributed by atoms with Crippen molar-refractivity contribution < 1.29 is 4.43 Å². The smallest absolute Gasteiger partial charge is 0.226 e. The van der Waals surface area contributed by atoms with Crippen molar-refractivity contribution in [3.8, 4) is 0 Å². The van der Waals surface area contributed by atoms with Gasteiger partial charge in [-0.05, 0) is 6.55 Å². The van der Waals surface area contributed by atoms with Crippen LogP contribution in [0.25, 0.3) is 0 Å². The van der Waals surface area contributed by atoms with Crippen molar-refractivity contribution in [1.29, 1.82) is 0 Å². The number of hydrogen-bond donors (Lipinski definition) is 1. The van der Waals surface area contributed by atoms with Gasteiger partial charge in [0.2, 0.25) is 9.76 Å². The van der Waals surface area contributed by atoms with Gasteiger partial charge < -0.3 is 4.43 Å². The zero-order chi connectivity index (χ0) is 4.83. The summed E-state index contributed by atoms with van der Waals surface area (Å²) in [6.45, 7) is 2.79. The summed E-state index contributed by atoms with van der Waals surface area (Å²) in [7, 11) is 0.616. The second kappa shape index (κ2) is 5.53. The Morgan fingerprint density at radius 3 is 2.67 bits per heavy atom. The van der Waals surface area contributed by atoms with Crippen LogP contribution in [-0.4, -0.2) is 22.1 Å². The first-order valence-corrected chi connectivity index (χ1v) is 3.85. The van der Waals surface area contributed by atoms with E-state index in [9.17, 15) is 0 Å². The monoisotopic (exact) mass is 120 g/mol.